The highest BCUT2D eigenvalue weighted by molar-refractivity contribution is 7.13. The van der Waals surface area contributed by atoms with Crippen molar-refractivity contribution in [3.63, 3.8) is 0 Å². The number of aromatic nitrogens is 1. The molecule has 162 valence electrons. The van der Waals surface area contributed by atoms with Crippen LogP contribution in [0.25, 0.3) is 10.6 Å². The van der Waals surface area contributed by atoms with Crippen LogP contribution in [0.3, 0.4) is 0 Å². The molecule has 0 saturated carbocycles. The number of methoxy groups -OCH3 is 1. The second kappa shape index (κ2) is 10.1. The van der Waals surface area contributed by atoms with Gasteiger partial charge in [0.15, 0.2) is 0 Å². The van der Waals surface area contributed by atoms with Crippen molar-refractivity contribution in [2.75, 3.05) is 14.2 Å². The lowest BCUT2D eigenvalue weighted by Gasteiger charge is -2.15. The minimum absolute atomic E-state index is 0.0956. The lowest BCUT2D eigenvalue weighted by molar-refractivity contribution is 0.0780. The molecule has 0 atom stereocenters. The summed E-state index contributed by atoms with van der Waals surface area (Å²) in [6.45, 7) is 0.979. The first-order chi connectivity index (χ1) is 15.6. The zero-order chi connectivity index (χ0) is 22.3. The van der Waals surface area contributed by atoms with Gasteiger partial charge in [0, 0.05) is 24.5 Å². The predicted octanol–water partition coefficient (Wildman–Crippen LogP) is 5.67. The van der Waals surface area contributed by atoms with Gasteiger partial charge in [-0.1, -0.05) is 54.6 Å². The van der Waals surface area contributed by atoms with Gasteiger partial charge in [-0.3, -0.25) is 4.79 Å². The first kappa shape index (κ1) is 21.6. The Balaban J connectivity index is 1.42. The Morgan fingerprint density at radius 1 is 0.938 bits per heavy atom. The van der Waals surface area contributed by atoms with E-state index in [2.05, 4.69) is 4.98 Å². The maximum absolute atomic E-state index is 12.8. The summed E-state index contributed by atoms with van der Waals surface area (Å²) in [7, 11) is 3.44. The van der Waals surface area contributed by atoms with E-state index < -0.39 is 0 Å². The maximum atomic E-state index is 12.8. The first-order valence-electron chi connectivity index (χ1n) is 10.2. The third-order valence-electron chi connectivity index (χ3n) is 4.95. The molecule has 0 fully saturated rings. The fraction of sp³-hybridized carbons (Fsp3) is 0.154. The normalized spacial score (nSPS) is 10.6. The van der Waals surface area contributed by atoms with Gasteiger partial charge in [0.1, 0.15) is 28.8 Å². The molecule has 0 unspecified atom stereocenters. The zero-order valence-corrected chi connectivity index (χ0v) is 18.8. The van der Waals surface area contributed by atoms with Crippen molar-refractivity contribution >= 4 is 17.2 Å². The smallest absolute Gasteiger partial charge is 0.273 e. The molecular weight excluding hydrogens is 420 g/mol. The van der Waals surface area contributed by atoms with Crippen LogP contribution in [-0.4, -0.2) is 29.9 Å². The lowest BCUT2D eigenvalue weighted by Crippen LogP contribution is -2.26. The average molecular weight is 445 g/mol. The van der Waals surface area contributed by atoms with Crippen LogP contribution in [0.5, 0.6) is 11.5 Å². The van der Waals surface area contributed by atoms with Crippen molar-refractivity contribution in [3.05, 3.63) is 101 Å². The second-order valence-corrected chi connectivity index (χ2v) is 8.21. The summed E-state index contributed by atoms with van der Waals surface area (Å²) < 4.78 is 11.2. The van der Waals surface area contributed by atoms with E-state index in [1.54, 1.807) is 19.1 Å². The lowest BCUT2D eigenvalue weighted by atomic mass is 10.2. The van der Waals surface area contributed by atoms with Gasteiger partial charge in [0.25, 0.3) is 5.91 Å². The second-order valence-electron chi connectivity index (χ2n) is 7.35. The molecule has 5 nitrogen and oxygen atoms in total. The summed E-state index contributed by atoms with van der Waals surface area (Å²) in [5, 5.41) is 2.59. The summed E-state index contributed by atoms with van der Waals surface area (Å²) in [6.07, 6.45) is 0. The van der Waals surface area contributed by atoms with Crippen LogP contribution in [0.4, 0.5) is 0 Å². The Kier molecular flexibility index (Phi) is 6.82. The van der Waals surface area contributed by atoms with E-state index in [0.29, 0.717) is 18.8 Å². The molecule has 0 aliphatic heterocycles. The van der Waals surface area contributed by atoms with Crippen molar-refractivity contribution in [2.45, 2.75) is 13.2 Å². The number of carbonyl (C=O) groups is 1. The molecule has 1 amide bonds. The van der Waals surface area contributed by atoms with E-state index in [1.165, 1.54) is 11.3 Å². The summed E-state index contributed by atoms with van der Waals surface area (Å²) >= 11 is 1.45. The van der Waals surface area contributed by atoms with Gasteiger partial charge in [-0.15, -0.1) is 11.3 Å². The van der Waals surface area contributed by atoms with Crippen molar-refractivity contribution in [1.82, 2.24) is 9.88 Å². The molecule has 1 aromatic heterocycles. The van der Waals surface area contributed by atoms with Crippen molar-refractivity contribution < 1.29 is 14.3 Å². The minimum Gasteiger partial charge on any atom is -0.497 e. The van der Waals surface area contributed by atoms with Gasteiger partial charge in [0.05, 0.1) is 7.11 Å². The molecule has 4 rings (SSSR count). The molecule has 0 N–H and O–H groups in total. The molecule has 0 radical (unpaired) electrons. The van der Waals surface area contributed by atoms with Crippen LogP contribution >= 0.6 is 11.3 Å². The Morgan fingerprint density at radius 3 is 2.50 bits per heavy atom. The number of carbonyl (C=O) groups excluding carboxylic acids is 1. The van der Waals surface area contributed by atoms with Gasteiger partial charge < -0.3 is 14.4 Å². The van der Waals surface area contributed by atoms with E-state index in [-0.39, 0.29) is 5.91 Å². The number of rotatable bonds is 8. The number of amides is 1. The number of nitrogens with zero attached hydrogens (tertiary/aromatic N) is 2. The van der Waals surface area contributed by atoms with E-state index in [1.807, 2.05) is 84.2 Å². The van der Waals surface area contributed by atoms with Gasteiger partial charge >= 0.3 is 0 Å². The van der Waals surface area contributed by atoms with Crippen LogP contribution in [0, 0.1) is 0 Å². The Labute approximate surface area is 191 Å². The fourth-order valence-corrected chi connectivity index (χ4v) is 4.07. The topological polar surface area (TPSA) is 51.7 Å². The van der Waals surface area contributed by atoms with Crippen LogP contribution < -0.4 is 9.47 Å². The SMILES string of the molecule is COc1cccc(COc2cccc(-c3nc(C(=O)N(C)Cc4ccccc4)cs3)c2)c1. The largest absolute Gasteiger partial charge is 0.497 e. The highest BCUT2D eigenvalue weighted by Gasteiger charge is 2.16. The Morgan fingerprint density at radius 2 is 1.69 bits per heavy atom. The van der Waals surface area contributed by atoms with E-state index in [0.717, 1.165) is 33.2 Å². The molecule has 0 aliphatic rings. The average Bonchev–Trinajstić information content (AvgIpc) is 3.33. The molecule has 1 heterocycles. The third kappa shape index (κ3) is 5.34. The predicted molar refractivity (Wildman–Crippen MR) is 127 cm³/mol. The maximum Gasteiger partial charge on any atom is 0.273 e. The summed E-state index contributed by atoms with van der Waals surface area (Å²) in [6, 6.07) is 25.5. The molecule has 0 spiro atoms. The summed E-state index contributed by atoms with van der Waals surface area (Å²) in [5.74, 6) is 1.45. The number of benzene rings is 3. The van der Waals surface area contributed by atoms with Crippen LogP contribution in [0.2, 0.25) is 0 Å². The number of ether oxygens (including phenoxy) is 2. The van der Waals surface area contributed by atoms with Gasteiger partial charge in [-0.05, 0) is 35.4 Å². The van der Waals surface area contributed by atoms with Gasteiger partial charge in [-0.25, -0.2) is 4.98 Å². The standard InChI is InChI=1S/C26H24N2O3S/c1-28(16-19-8-4-3-5-9-19)26(29)24-18-32-25(27-24)21-11-7-13-23(15-21)31-17-20-10-6-12-22(14-20)30-2/h3-15,18H,16-17H2,1-2H3. The number of hydrogen-bond acceptors (Lipinski definition) is 5. The van der Waals surface area contributed by atoms with E-state index in [4.69, 9.17) is 9.47 Å². The number of thiazole rings is 1. The monoisotopic (exact) mass is 444 g/mol. The molecule has 0 aliphatic carbocycles. The summed E-state index contributed by atoms with van der Waals surface area (Å²) in [5.41, 5.74) is 3.48. The molecule has 0 saturated heterocycles. The molecule has 6 heteroatoms. The first-order valence-corrected chi connectivity index (χ1v) is 11.1. The van der Waals surface area contributed by atoms with E-state index in [9.17, 15) is 4.79 Å². The molecular formula is C26H24N2O3S. The number of hydrogen-bond donors (Lipinski definition) is 0. The van der Waals surface area contributed by atoms with Crippen LogP contribution in [-0.2, 0) is 13.2 Å². The third-order valence-corrected chi connectivity index (χ3v) is 5.84. The minimum atomic E-state index is -0.0956. The Bertz CT molecular complexity index is 1190. The Hall–Kier alpha value is -3.64. The van der Waals surface area contributed by atoms with Crippen molar-refractivity contribution in [3.8, 4) is 22.1 Å². The molecule has 4 aromatic rings. The van der Waals surface area contributed by atoms with Gasteiger partial charge in [0.2, 0.25) is 0 Å². The van der Waals surface area contributed by atoms with Crippen LogP contribution in [0.15, 0.2) is 84.2 Å². The van der Waals surface area contributed by atoms with E-state index >= 15 is 0 Å². The summed E-state index contributed by atoms with van der Waals surface area (Å²) in [4.78, 5) is 19.1. The van der Waals surface area contributed by atoms with Gasteiger partial charge in [-0.2, -0.15) is 0 Å². The molecule has 0 bridgehead atoms. The van der Waals surface area contributed by atoms with Crippen molar-refractivity contribution in [1.29, 1.82) is 0 Å². The van der Waals surface area contributed by atoms with Crippen LogP contribution in [0.1, 0.15) is 21.6 Å². The quantitative estimate of drug-likeness (QED) is 0.351. The zero-order valence-electron chi connectivity index (χ0n) is 18.0. The fourth-order valence-electron chi connectivity index (χ4n) is 3.28. The highest BCUT2D eigenvalue weighted by Crippen LogP contribution is 2.28. The molecule has 32 heavy (non-hydrogen) atoms. The molecule has 3 aromatic carbocycles. The highest BCUT2D eigenvalue weighted by atomic mass is 32.1. The van der Waals surface area contributed by atoms with Crippen molar-refractivity contribution in [2.24, 2.45) is 0 Å².